The molecule has 1 aromatic carbocycles. The molecule has 0 radical (unpaired) electrons. The maximum atomic E-state index is 11.7. The van der Waals surface area contributed by atoms with Gasteiger partial charge in [0, 0.05) is 13.2 Å². The third-order valence-electron chi connectivity index (χ3n) is 2.52. The number of carbonyl (C=O) groups is 1. The molecule has 0 bridgehead atoms. The summed E-state index contributed by atoms with van der Waals surface area (Å²) in [6, 6.07) is 7.15. The number of amides is 1. The predicted octanol–water partition coefficient (Wildman–Crippen LogP) is 2.68. The maximum Gasteiger partial charge on any atom is 0.238 e. The second-order valence-corrected chi connectivity index (χ2v) is 5.23. The summed E-state index contributed by atoms with van der Waals surface area (Å²) in [5, 5.41) is 6.36. The van der Waals surface area contributed by atoms with Crippen LogP contribution < -0.4 is 10.6 Å². The Morgan fingerprint density at radius 1 is 1.37 bits per heavy atom. The summed E-state index contributed by atoms with van der Waals surface area (Å²) < 4.78 is 5.53. The van der Waals surface area contributed by atoms with Crippen molar-refractivity contribution in [2.24, 2.45) is 0 Å². The average molecular weight is 285 g/mol. The van der Waals surface area contributed by atoms with Crippen LogP contribution in [0.3, 0.4) is 0 Å². The van der Waals surface area contributed by atoms with Gasteiger partial charge in [-0.3, -0.25) is 4.79 Å². The fourth-order valence-corrected chi connectivity index (χ4v) is 1.86. The van der Waals surface area contributed by atoms with E-state index in [1.165, 1.54) is 0 Å². The lowest BCUT2D eigenvalue weighted by Gasteiger charge is -2.24. The van der Waals surface area contributed by atoms with Crippen molar-refractivity contribution in [1.82, 2.24) is 5.32 Å². The molecular weight excluding hydrogens is 264 g/mol. The SMILES string of the molecule is CCOC(C)(C)CNCC(=O)Nc1ccccc1Cl. The van der Waals surface area contributed by atoms with Crippen LogP contribution in [0.2, 0.25) is 5.02 Å². The standard InChI is InChI=1S/C14H21ClN2O2/c1-4-19-14(2,3)10-16-9-13(18)17-12-8-6-5-7-11(12)15/h5-8,16H,4,9-10H2,1-3H3,(H,17,18). The Hall–Kier alpha value is -1.10. The molecule has 1 rings (SSSR count). The van der Waals surface area contributed by atoms with E-state index in [0.717, 1.165) is 0 Å². The zero-order valence-corrected chi connectivity index (χ0v) is 12.4. The highest BCUT2D eigenvalue weighted by molar-refractivity contribution is 6.33. The highest BCUT2D eigenvalue weighted by atomic mass is 35.5. The van der Waals surface area contributed by atoms with Gasteiger partial charge in [0.2, 0.25) is 5.91 Å². The quantitative estimate of drug-likeness (QED) is 0.809. The molecule has 19 heavy (non-hydrogen) atoms. The second-order valence-electron chi connectivity index (χ2n) is 4.82. The highest BCUT2D eigenvalue weighted by Crippen LogP contribution is 2.19. The lowest BCUT2D eigenvalue weighted by Crippen LogP contribution is -2.40. The fourth-order valence-electron chi connectivity index (χ4n) is 1.68. The average Bonchev–Trinajstić information content (AvgIpc) is 2.31. The fraction of sp³-hybridized carbons (Fsp3) is 0.500. The van der Waals surface area contributed by atoms with Crippen molar-refractivity contribution in [2.75, 3.05) is 25.0 Å². The Balaban J connectivity index is 2.35. The molecule has 0 fully saturated rings. The van der Waals surface area contributed by atoms with E-state index in [1.54, 1.807) is 12.1 Å². The van der Waals surface area contributed by atoms with Crippen LogP contribution in [0, 0.1) is 0 Å². The molecule has 106 valence electrons. The van der Waals surface area contributed by atoms with E-state index < -0.39 is 0 Å². The van der Waals surface area contributed by atoms with Crippen LogP contribution in [0.15, 0.2) is 24.3 Å². The van der Waals surface area contributed by atoms with Gasteiger partial charge in [0.15, 0.2) is 0 Å². The lowest BCUT2D eigenvalue weighted by atomic mass is 10.1. The van der Waals surface area contributed by atoms with Gasteiger partial charge in [-0.05, 0) is 32.9 Å². The molecule has 0 spiro atoms. The molecule has 0 atom stereocenters. The molecule has 0 aliphatic rings. The minimum Gasteiger partial charge on any atom is -0.375 e. The summed E-state index contributed by atoms with van der Waals surface area (Å²) >= 11 is 5.96. The maximum absolute atomic E-state index is 11.7. The van der Waals surface area contributed by atoms with Crippen molar-refractivity contribution < 1.29 is 9.53 Å². The van der Waals surface area contributed by atoms with E-state index in [4.69, 9.17) is 16.3 Å². The first-order valence-corrected chi connectivity index (χ1v) is 6.71. The van der Waals surface area contributed by atoms with Gasteiger partial charge >= 0.3 is 0 Å². The summed E-state index contributed by atoms with van der Waals surface area (Å²) in [4.78, 5) is 11.7. The summed E-state index contributed by atoms with van der Waals surface area (Å²) in [5.41, 5.74) is 0.347. The van der Waals surface area contributed by atoms with Gasteiger partial charge in [0.1, 0.15) is 0 Å². The largest absolute Gasteiger partial charge is 0.375 e. The van der Waals surface area contributed by atoms with Crippen LogP contribution in [0.1, 0.15) is 20.8 Å². The lowest BCUT2D eigenvalue weighted by molar-refractivity contribution is -0.115. The Bertz CT molecular complexity index is 422. The normalized spacial score (nSPS) is 11.4. The molecule has 4 nitrogen and oxygen atoms in total. The van der Waals surface area contributed by atoms with Gasteiger partial charge in [0.25, 0.3) is 0 Å². The zero-order chi connectivity index (χ0) is 14.3. The van der Waals surface area contributed by atoms with Crippen LogP contribution in [-0.4, -0.2) is 31.2 Å². The predicted molar refractivity (Wildman–Crippen MR) is 78.7 cm³/mol. The molecule has 0 aromatic heterocycles. The van der Waals surface area contributed by atoms with Crippen LogP contribution in [0.4, 0.5) is 5.69 Å². The minimum atomic E-state index is -0.278. The van der Waals surface area contributed by atoms with E-state index >= 15 is 0 Å². The van der Waals surface area contributed by atoms with Gasteiger partial charge in [-0.15, -0.1) is 0 Å². The van der Waals surface area contributed by atoms with Gasteiger partial charge in [0.05, 0.1) is 22.9 Å². The number of hydrogen-bond donors (Lipinski definition) is 2. The molecule has 0 aliphatic heterocycles. The molecule has 1 amide bonds. The van der Waals surface area contributed by atoms with Gasteiger partial charge in [-0.25, -0.2) is 0 Å². The Kier molecular flexibility index (Phi) is 6.28. The van der Waals surface area contributed by atoms with E-state index in [-0.39, 0.29) is 18.1 Å². The first kappa shape index (κ1) is 16.0. The summed E-state index contributed by atoms with van der Waals surface area (Å²) in [5.74, 6) is -0.125. The molecule has 0 heterocycles. The Labute approximate surface area is 119 Å². The van der Waals surface area contributed by atoms with Crippen LogP contribution in [0.25, 0.3) is 0 Å². The second kappa shape index (κ2) is 7.48. The van der Waals surface area contributed by atoms with Gasteiger partial charge in [-0.2, -0.15) is 0 Å². The van der Waals surface area contributed by atoms with Crippen molar-refractivity contribution >= 4 is 23.2 Å². The number of carbonyl (C=O) groups excluding carboxylic acids is 1. The van der Waals surface area contributed by atoms with Crippen molar-refractivity contribution in [3.05, 3.63) is 29.3 Å². The number of anilines is 1. The van der Waals surface area contributed by atoms with E-state index in [1.807, 2.05) is 32.9 Å². The molecule has 0 aliphatic carbocycles. The Morgan fingerprint density at radius 2 is 2.05 bits per heavy atom. The summed E-state index contributed by atoms with van der Waals surface area (Å²) in [6.45, 7) is 7.40. The number of halogens is 1. The molecular formula is C14H21ClN2O2. The zero-order valence-electron chi connectivity index (χ0n) is 11.6. The van der Waals surface area contributed by atoms with E-state index in [9.17, 15) is 4.79 Å². The molecule has 0 unspecified atom stereocenters. The van der Waals surface area contributed by atoms with Gasteiger partial charge in [-0.1, -0.05) is 23.7 Å². The summed E-state index contributed by atoms with van der Waals surface area (Å²) in [7, 11) is 0. The monoisotopic (exact) mass is 284 g/mol. The first-order chi connectivity index (χ1) is 8.94. The van der Waals surface area contributed by atoms with Crippen molar-refractivity contribution in [1.29, 1.82) is 0 Å². The summed E-state index contributed by atoms with van der Waals surface area (Å²) in [6.07, 6.45) is 0. The molecule has 0 saturated heterocycles. The number of hydrogen-bond acceptors (Lipinski definition) is 3. The van der Waals surface area contributed by atoms with Gasteiger partial charge < -0.3 is 15.4 Å². The molecule has 5 heteroatoms. The van der Waals surface area contributed by atoms with Crippen molar-refractivity contribution in [3.63, 3.8) is 0 Å². The smallest absolute Gasteiger partial charge is 0.238 e. The number of rotatable bonds is 7. The topological polar surface area (TPSA) is 50.4 Å². The van der Waals surface area contributed by atoms with Crippen LogP contribution in [0.5, 0.6) is 0 Å². The number of para-hydroxylation sites is 1. The Morgan fingerprint density at radius 3 is 2.68 bits per heavy atom. The van der Waals surface area contributed by atoms with Crippen molar-refractivity contribution in [3.8, 4) is 0 Å². The number of benzene rings is 1. The molecule has 0 saturated carbocycles. The van der Waals surface area contributed by atoms with Crippen LogP contribution >= 0.6 is 11.6 Å². The van der Waals surface area contributed by atoms with E-state index in [0.29, 0.717) is 23.9 Å². The first-order valence-electron chi connectivity index (χ1n) is 6.33. The third-order valence-corrected chi connectivity index (χ3v) is 2.85. The third kappa shape index (κ3) is 6.05. The molecule has 1 aromatic rings. The highest BCUT2D eigenvalue weighted by Gasteiger charge is 2.17. The van der Waals surface area contributed by atoms with Crippen molar-refractivity contribution in [2.45, 2.75) is 26.4 Å². The minimum absolute atomic E-state index is 0.125. The van der Waals surface area contributed by atoms with Crippen LogP contribution in [-0.2, 0) is 9.53 Å². The molecule has 2 N–H and O–H groups in total. The van der Waals surface area contributed by atoms with E-state index in [2.05, 4.69) is 10.6 Å². The number of nitrogens with one attached hydrogen (secondary N) is 2. The number of ether oxygens (including phenoxy) is 1.